The molecule has 0 aliphatic carbocycles. The van der Waals surface area contributed by atoms with Crippen LogP contribution in [0.4, 0.5) is 0 Å². The zero-order valence-electron chi connectivity index (χ0n) is 9.82. The molecule has 1 aromatic rings. The maximum Gasteiger partial charge on any atom is 0.234 e. The summed E-state index contributed by atoms with van der Waals surface area (Å²) in [5, 5.41) is 9.87. The van der Waals surface area contributed by atoms with Crippen molar-refractivity contribution in [3.63, 3.8) is 0 Å². The Morgan fingerprint density at radius 2 is 2.47 bits per heavy atom. The monoisotopic (exact) mass is 238 g/mol. The Hall–Kier alpha value is -1.40. The lowest BCUT2D eigenvalue weighted by Gasteiger charge is -2.18. The van der Waals surface area contributed by atoms with Gasteiger partial charge in [-0.2, -0.15) is 0 Å². The number of amides is 1. The molecule has 6 heteroatoms. The second-order valence-corrected chi connectivity index (χ2v) is 4.15. The number of aromatic nitrogens is 1. The van der Waals surface area contributed by atoms with E-state index < -0.39 is 0 Å². The van der Waals surface area contributed by atoms with E-state index in [4.69, 9.17) is 4.52 Å². The van der Waals surface area contributed by atoms with Crippen molar-refractivity contribution in [2.24, 2.45) is 0 Å². The molecule has 17 heavy (non-hydrogen) atoms. The molecule has 6 nitrogen and oxygen atoms in total. The van der Waals surface area contributed by atoms with Crippen molar-refractivity contribution >= 4 is 5.91 Å². The number of hydrogen-bond donors (Lipinski definition) is 2. The average Bonchev–Trinajstić information content (AvgIpc) is 2.72. The summed E-state index contributed by atoms with van der Waals surface area (Å²) in [6.07, 6.45) is 2.60. The van der Waals surface area contributed by atoms with Crippen molar-refractivity contribution in [3.05, 3.63) is 18.0 Å². The van der Waals surface area contributed by atoms with Gasteiger partial charge in [-0.05, 0) is 19.5 Å². The van der Waals surface area contributed by atoms with Gasteiger partial charge in [0.25, 0.3) is 0 Å². The smallest absolute Gasteiger partial charge is 0.234 e. The second-order valence-electron chi connectivity index (χ2n) is 4.15. The van der Waals surface area contributed by atoms with Gasteiger partial charge in [0.05, 0.1) is 13.1 Å². The van der Waals surface area contributed by atoms with E-state index in [2.05, 4.69) is 20.7 Å². The van der Waals surface area contributed by atoms with Gasteiger partial charge in [-0.3, -0.25) is 9.69 Å². The summed E-state index contributed by atoms with van der Waals surface area (Å²) in [6, 6.07) is 1.75. The molecule has 1 fully saturated rings. The fourth-order valence-corrected chi connectivity index (χ4v) is 1.84. The minimum atomic E-state index is 0.0369. The van der Waals surface area contributed by atoms with Crippen LogP contribution < -0.4 is 10.6 Å². The largest absolute Gasteiger partial charge is 0.364 e. The summed E-state index contributed by atoms with van der Waals surface area (Å²) in [6.45, 7) is 4.79. The summed E-state index contributed by atoms with van der Waals surface area (Å²) in [5.41, 5.74) is 0.746. The van der Waals surface area contributed by atoms with Gasteiger partial charge in [-0.1, -0.05) is 5.16 Å². The molecule has 94 valence electrons. The zero-order valence-corrected chi connectivity index (χ0v) is 9.82. The van der Waals surface area contributed by atoms with E-state index in [1.165, 1.54) is 6.26 Å². The molecule has 0 saturated carbocycles. The first kappa shape index (κ1) is 12.1. The van der Waals surface area contributed by atoms with E-state index in [-0.39, 0.29) is 5.91 Å². The lowest BCUT2D eigenvalue weighted by atomic mass is 10.3. The first-order valence-electron chi connectivity index (χ1n) is 5.93. The topological polar surface area (TPSA) is 70.4 Å². The van der Waals surface area contributed by atoms with Crippen LogP contribution in [0.1, 0.15) is 12.1 Å². The second kappa shape index (κ2) is 6.36. The summed E-state index contributed by atoms with van der Waals surface area (Å²) in [5.74, 6) is 0.0369. The Labute approximate surface area is 100 Å². The molecule has 2 N–H and O–H groups in total. The minimum Gasteiger partial charge on any atom is -0.364 e. The number of nitrogens with one attached hydrogen (secondary N) is 2. The van der Waals surface area contributed by atoms with Crippen LogP contribution in [0, 0.1) is 0 Å². The Bertz CT molecular complexity index is 331. The molecule has 0 bridgehead atoms. The fraction of sp³-hybridized carbons (Fsp3) is 0.636. The van der Waals surface area contributed by atoms with Crippen molar-refractivity contribution in [1.29, 1.82) is 0 Å². The Balaban J connectivity index is 1.69. The van der Waals surface area contributed by atoms with Gasteiger partial charge in [0.15, 0.2) is 0 Å². The summed E-state index contributed by atoms with van der Waals surface area (Å²) >= 11 is 0. The van der Waals surface area contributed by atoms with Gasteiger partial charge in [-0.15, -0.1) is 0 Å². The lowest BCUT2D eigenvalue weighted by Crippen LogP contribution is -2.38. The molecule has 2 heterocycles. The van der Waals surface area contributed by atoms with Crippen LogP contribution in [-0.4, -0.2) is 48.7 Å². The van der Waals surface area contributed by atoms with Gasteiger partial charge in [-0.25, -0.2) is 0 Å². The highest BCUT2D eigenvalue weighted by Crippen LogP contribution is 1.96. The maximum atomic E-state index is 11.7. The lowest BCUT2D eigenvalue weighted by molar-refractivity contribution is -0.122. The number of carbonyl (C=O) groups is 1. The van der Waals surface area contributed by atoms with E-state index in [0.717, 1.165) is 38.3 Å². The summed E-state index contributed by atoms with van der Waals surface area (Å²) < 4.78 is 4.69. The van der Waals surface area contributed by atoms with Crippen molar-refractivity contribution in [1.82, 2.24) is 20.7 Å². The Morgan fingerprint density at radius 1 is 1.53 bits per heavy atom. The number of rotatable bonds is 4. The molecule has 0 radical (unpaired) electrons. The highest BCUT2D eigenvalue weighted by atomic mass is 16.5. The van der Waals surface area contributed by atoms with Crippen molar-refractivity contribution in [2.45, 2.75) is 13.0 Å². The molecule has 0 spiro atoms. The normalized spacial score (nSPS) is 17.6. The third-order valence-corrected chi connectivity index (χ3v) is 2.76. The van der Waals surface area contributed by atoms with E-state index >= 15 is 0 Å². The number of carbonyl (C=O) groups excluding carboxylic acids is 1. The molecule has 1 saturated heterocycles. The van der Waals surface area contributed by atoms with Crippen LogP contribution in [0.3, 0.4) is 0 Å². The quantitative estimate of drug-likeness (QED) is 0.746. The number of nitrogens with zero attached hydrogens (tertiary/aromatic N) is 2. The molecule has 1 aliphatic heterocycles. The van der Waals surface area contributed by atoms with E-state index in [1.54, 1.807) is 6.07 Å². The summed E-state index contributed by atoms with van der Waals surface area (Å²) in [4.78, 5) is 13.9. The van der Waals surface area contributed by atoms with Crippen LogP contribution in [-0.2, 0) is 11.3 Å². The van der Waals surface area contributed by atoms with Crippen LogP contribution in [0.15, 0.2) is 16.9 Å². The van der Waals surface area contributed by atoms with Gasteiger partial charge >= 0.3 is 0 Å². The fourth-order valence-electron chi connectivity index (χ4n) is 1.84. The zero-order chi connectivity index (χ0) is 11.9. The average molecular weight is 238 g/mol. The minimum absolute atomic E-state index is 0.0369. The molecule has 0 unspecified atom stereocenters. The highest BCUT2D eigenvalue weighted by Gasteiger charge is 2.12. The Morgan fingerprint density at radius 3 is 3.29 bits per heavy atom. The van der Waals surface area contributed by atoms with Crippen molar-refractivity contribution < 1.29 is 9.32 Å². The molecule has 1 aliphatic rings. The van der Waals surface area contributed by atoms with Crippen molar-refractivity contribution in [3.8, 4) is 0 Å². The first-order chi connectivity index (χ1) is 8.34. The molecule has 0 aromatic carbocycles. The van der Waals surface area contributed by atoms with Gasteiger partial charge in [0.2, 0.25) is 5.91 Å². The van der Waals surface area contributed by atoms with E-state index in [1.807, 2.05) is 0 Å². The molecule has 1 aromatic heterocycles. The van der Waals surface area contributed by atoms with Crippen LogP contribution in [0.25, 0.3) is 0 Å². The predicted molar refractivity (Wildman–Crippen MR) is 62.3 cm³/mol. The van der Waals surface area contributed by atoms with Gasteiger partial charge in [0, 0.05) is 19.2 Å². The molecule has 0 atom stereocenters. The van der Waals surface area contributed by atoms with Crippen LogP contribution >= 0.6 is 0 Å². The molecule has 2 rings (SSSR count). The maximum absolute atomic E-state index is 11.7. The van der Waals surface area contributed by atoms with Crippen LogP contribution in [0.2, 0.25) is 0 Å². The third-order valence-electron chi connectivity index (χ3n) is 2.76. The Kier molecular flexibility index (Phi) is 4.52. The van der Waals surface area contributed by atoms with Gasteiger partial charge in [0.1, 0.15) is 12.0 Å². The van der Waals surface area contributed by atoms with E-state index in [9.17, 15) is 4.79 Å². The summed E-state index contributed by atoms with van der Waals surface area (Å²) in [7, 11) is 0. The standard InChI is InChI=1S/C11H18N4O2/c16-11(13-8-10-2-7-17-14-10)9-15-5-1-3-12-4-6-15/h2,7,12H,1,3-6,8-9H2,(H,13,16). The molecular weight excluding hydrogens is 220 g/mol. The SMILES string of the molecule is O=C(CN1CCCNCC1)NCc1ccon1. The predicted octanol–water partition coefficient (Wildman–Crippen LogP) is -0.414. The van der Waals surface area contributed by atoms with Gasteiger partial charge < -0.3 is 15.2 Å². The first-order valence-corrected chi connectivity index (χ1v) is 5.93. The third kappa shape index (κ3) is 4.16. The highest BCUT2D eigenvalue weighted by molar-refractivity contribution is 5.77. The molecular formula is C11H18N4O2. The van der Waals surface area contributed by atoms with E-state index in [0.29, 0.717) is 13.1 Å². The van der Waals surface area contributed by atoms with Crippen LogP contribution in [0.5, 0.6) is 0 Å². The van der Waals surface area contributed by atoms with Crippen molar-refractivity contribution in [2.75, 3.05) is 32.7 Å². The molecule has 1 amide bonds. The number of hydrogen-bond acceptors (Lipinski definition) is 5.